The van der Waals surface area contributed by atoms with E-state index in [1.54, 1.807) is 0 Å². The summed E-state index contributed by atoms with van der Waals surface area (Å²) in [5.41, 5.74) is 2.67. The lowest BCUT2D eigenvalue weighted by Crippen LogP contribution is -2.42. The van der Waals surface area contributed by atoms with Gasteiger partial charge in [-0.25, -0.2) is 0 Å². The van der Waals surface area contributed by atoms with Crippen LogP contribution in [0.1, 0.15) is 24.0 Å². The van der Waals surface area contributed by atoms with E-state index in [0.29, 0.717) is 6.10 Å². The highest BCUT2D eigenvalue weighted by Crippen LogP contribution is 2.30. The van der Waals surface area contributed by atoms with Crippen molar-refractivity contribution in [3.05, 3.63) is 29.3 Å². The minimum absolute atomic E-state index is 0.481. The van der Waals surface area contributed by atoms with Crippen molar-refractivity contribution in [2.24, 2.45) is 0 Å². The Bertz CT molecular complexity index is 409. The Morgan fingerprint density at radius 2 is 2.06 bits per heavy atom. The molecule has 18 heavy (non-hydrogen) atoms. The van der Waals surface area contributed by atoms with Crippen LogP contribution in [0.2, 0.25) is 0 Å². The van der Waals surface area contributed by atoms with Gasteiger partial charge < -0.3 is 10.1 Å². The van der Waals surface area contributed by atoms with Gasteiger partial charge in [-0.3, -0.25) is 4.90 Å². The molecule has 1 N–H and O–H groups in total. The zero-order valence-corrected chi connectivity index (χ0v) is 11.1. The minimum Gasteiger partial charge on any atom is -0.490 e. The Labute approximate surface area is 109 Å². The van der Waals surface area contributed by atoms with Crippen molar-refractivity contribution in [1.82, 2.24) is 10.2 Å². The lowest BCUT2D eigenvalue weighted by atomic mass is 10.1. The number of nitrogens with zero attached hydrogens (tertiary/aromatic N) is 1. The Morgan fingerprint density at radius 1 is 1.28 bits per heavy atom. The minimum atomic E-state index is 0.481. The van der Waals surface area contributed by atoms with Crippen molar-refractivity contribution in [2.45, 2.75) is 32.4 Å². The van der Waals surface area contributed by atoms with Crippen LogP contribution in [-0.4, -0.2) is 37.2 Å². The van der Waals surface area contributed by atoms with E-state index < -0.39 is 0 Å². The largest absolute Gasteiger partial charge is 0.490 e. The average molecular weight is 246 g/mol. The van der Waals surface area contributed by atoms with Gasteiger partial charge in [-0.2, -0.15) is 0 Å². The van der Waals surface area contributed by atoms with Gasteiger partial charge in [0.1, 0.15) is 5.75 Å². The zero-order valence-electron chi connectivity index (χ0n) is 11.1. The van der Waals surface area contributed by atoms with Crippen LogP contribution in [0.3, 0.4) is 0 Å². The lowest BCUT2D eigenvalue weighted by molar-refractivity contribution is 0.226. The van der Waals surface area contributed by atoms with Crippen molar-refractivity contribution >= 4 is 0 Å². The number of aryl methyl sites for hydroxylation is 1. The van der Waals surface area contributed by atoms with E-state index >= 15 is 0 Å². The summed E-state index contributed by atoms with van der Waals surface area (Å²) >= 11 is 0. The first-order valence-electron chi connectivity index (χ1n) is 7.00. The normalized spacial score (nSPS) is 20.9. The SMILES string of the molecule is Cc1ccc(OC2CC2)c(CN2CCNCC2)c1. The van der Waals surface area contributed by atoms with Gasteiger partial charge in [-0.1, -0.05) is 17.7 Å². The van der Waals surface area contributed by atoms with E-state index in [4.69, 9.17) is 4.74 Å². The first-order chi connectivity index (χ1) is 8.81. The summed E-state index contributed by atoms with van der Waals surface area (Å²) < 4.78 is 6.01. The van der Waals surface area contributed by atoms with E-state index in [1.807, 2.05) is 0 Å². The maximum atomic E-state index is 6.01. The fourth-order valence-electron chi connectivity index (χ4n) is 2.42. The van der Waals surface area contributed by atoms with Crippen LogP contribution in [-0.2, 0) is 6.54 Å². The summed E-state index contributed by atoms with van der Waals surface area (Å²) in [6.45, 7) is 7.65. The highest BCUT2D eigenvalue weighted by Gasteiger charge is 2.24. The van der Waals surface area contributed by atoms with Crippen LogP contribution in [0.4, 0.5) is 0 Å². The molecule has 1 aromatic carbocycles. The molecule has 3 rings (SSSR count). The molecule has 1 aliphatic carbocycles. The molecule has 0 unspecified atom stereocenters. The summed E-state index contributed by atoms with van der Waals surface area (Å²) in [6, 6.07) is 6.57. The molecule has 0 amide bonds. The number of nitrogens with one attached hydrogen (secondary N) is 1. The third kappa shape index (κ3) is 3.03. The van der Waals surface area contributed by atoms with Crippen molar-refractivity contribution in [3.63, 3.8) is 0 Å². The summed E-state index contributed by atoms with van der Waals surface area (Å²) in [4.78, 5) is 2.50. The number of benzene rings is 1. The van der Waals surface area contributed by atoms with Gasteiger partial charge in [0.2, 0.25) is 0 Å². The third-order valence-corrected chi connectivity index (χ3v) is 3.64. The Kier molecular flexibility index (Phi) is 3.52. The molecule has 0 bridgehead atoms. The number of rotatable bonds is 4. The van der Waals surface area contributed by atoms with Crippen LogP contribution < -0.4 is 10.1 Å². The lowest BCUT2D eigenvalue weighted by Gasteiger charge is -2.28. The van der Waals surface area contributed by atoms with Crippen LogP contribution in [0.5, 0.6) is 5.75 Å². The molecule has 1 saturated heterocycles. The molecule has 1 heterocycles. The summed E-state index contributed by atoms with van der Waals surface area (Å²) in [6.07, 6.45) is 2.93. The fraction of sp³-hybridized carbons (Fsp3) is 0.600. The van der Waals surface area contributed by atoms with E-state index in [0.717, 1.165) is 38.5 Å². The number of hydrogen-bond acceptors (Lipinski definition) is 3. The van der Waals surface area contributed by atoms with E-state index in [1.165, 1.54) is 24.0 Å². The molecular weight excluding hydrogens is 224 g/mol. The summed E-state index contributed by atoms with van der Waals surface area (Å²) in [5, 5.41) is 3.40. The molecule has 1 aromatic rings. The highest BCUT2D eigenvalue weighted by molar-refractivity contribution is 5.37. The van der Waals surface area contributed by atoms with Gasteiger partial charge in [0.25, 0.3) is 0 Å². The quantitative estimate of drug-likeness (QED) is 0.878. The molecule has 0 aromatic heterocycles. The molecular formula is C15H22N2O. The van der Waals surface area contributed by atoms with Crippen molar-refractivity contribution in [2.75, 3.05) is 26.2 Å². The standard InChI is InChI=1S/C15H22N2O/c1-12-2-5-15(18-14-3-4-14)13(10-12)11-17-8-6-16-7-9-17/h2,5,10,14,16H,3-4,6-9,11H2,1H3. The second kappa shape index (κ2) is 5.29. The first kappa shape index (κ1) is 12.0. The van der Waals surface area contributed by atoms with Gasteiger partial charge in [-0.05, 0) is 25.8 Å². The zero-order chi connectivity index (χ0) is 12.4. The molecule has 0 radical (unpaired) electrons. The summed E-state index contributed by atoms with van der Waals surface area (Å²) in [5.74, 6) is 1.10. The predicted octanol–water partition coefficient (Wildman–Crippen LogP) is 1.94. The Hall–Kier alpha value is -1.06. The maximum Gasteiger partial charge on any atom is 0.124 e. The monoisotopic (exact) mass is 246 g/mol. The van der Waals surface area contributed by atoms with Crippen LogP contribution in [0.15, 0.2) is 18.2 Å². The molecule has 3 nitrogen and oxygen atoms in total. The summed E-state index contributed by atoms with van der Waals surface area (Å²) in [7, 11) is 0. The van der Waals surface area contributed by atoms with Gasteiger partial charge >= 0.3 is 0 Å². The number of piperazine rings is 1. The van der Waals surface area contributed by atoms with Gasteiger partial charge in [0.15, 0.2) is 0 Å². The molecule has 2 fully saturated rings. The van der Waals surface area contributed by atoms with E-state index in [-0.39, 0.29) is 0 Å². The molecule has 1 aliphatic heterocycles. The fourth-order valence-corrected chi connectivity index (χ4v) is 2.42. The molecule has 0 spiro atoms. The van der Waals surface area contributed by atoms with Crippen molar-refractivity contribution in [3.8, 4) is 5.75 Å². The van der Waals surface area contributed by atoms with Gasteiger partial charge in [0.05, 0.1) is 6.10 Å². The van der Waals surface area contributed by atoms with Crippen LogP contribution in [0, 0.1) is 6.92 Å². The molecule has 3 heteroatoms. The van der Waals surface area contributed by atoms with E-state index in [2.05, 4.69) is 35.3 Å². The second-order valence-electron chi connectivity index (χ2n) is 5.45. The van der Waals surface area contributed by atoms with Gasteiger partial charge in [0, 0.05) is 38.3 Å². The first-order valence-corrected chi connectivity index (χ1v) is 7.00. The topological polar surface area (TPSA) is 24.5 Å². The predicted molar refractivity (Wildman–Crippen MR) is 73.0 cm³/mol. The third-order valence-electron chi connectivity index (χ3n) is 3.64. The van der Waals surface area contributed by atoms with Crippen LogP contribution >= 0.6 is 0 Å². The average Bonchev–Trinajstić information content (AvgIpc) is 3.18. The number of ether oxygens (including phenoxy) is 1. The van der Waals surface area contributed by atoms with Gasteiger partial charge in [-0.15, -0.1) is 0 Å². The van der Waals surface area contributed by atoms with Crippen molar-refractivity contribution < 1.29 is 4.74 Å². The highest BCUT2D eigenvalue weighted by atomic mass is 16.5. The molecule has 1 saturated carbocycles. The molecule has 98 valence electrons. The molecule has 2 aliphatic rings. The maximum absolute atomic E-state index is 6.01. The smallest absolute Gasteiger partial charge is 0.124 e. The number of hydrogen-bond donors (Lipinski definition) is 1. The Morgan fingerprint density at radius 3 is 2.78 bits per heavy atom. The second-order valence-corrected chi connectivity index (χ2v) is 5.45. The Balaban J connectivity index is 1.72. The molecule has 0 atom stereocenters. The van der Waals surface area contributed by atoms with E-state index in [9.17, 15) is 0 Å². The van der Waals surface area contributed by atoms with Crippen molar-refractivity contribution in [1.29, 1.82) is 0 Å². The van der Waals surface area contributed by atoms with Crippen LogP contribution in [0.25, 0.3) is 0 Å².